The van der Waals surface area contributed by atoms with E-state index in [1.165, 1.54) is 23.1 Å². The SMILES string of the molecule is CCOC(=O)c1c(-c2ccccc2)csc1NC(=O)C(CC)Sc1cccc(NC(=S)Nc2ccccc2OC)c1. The minimum atomic E-state index is -0.458. The zero-order chi connectivity index (χ0) is 29.2. The van der Waals surface area contributed by atoms with Gasteiger partial charge >= 0.3 is 5.97 Å². The number of methoxy groups -OCH3 is 1. The molecule has 1 unspecified atom stereocenters. The molecule has 0 aliphatic rings. The number of amides is 1. The van der Waals surface area contributed by atoms with Gasteiger partial charge in [-0.1, -0.05) is 55.5 Å². The number of nitrogens with one attached hydrogen (secondary N) is 3. The number of benzene rings is 3. The molecule has 0 radical (unpaired) electrons. The summed E-state index contributed by atoms with van der Waals surface area (Å²) in [6.45, 7) is 3.96. The van der Waals surface area contributed by atoms with Crippen molar-refractivity contribution in [2.75, 3.05) is 29.7 Å². The number of hydrogen-bond donors (Lipinski definition) is 3. The molecule has 0 aliphatic carbocycles. The third-order valence-corrected chi connectivity index (χ3v) is 8.44. The molecule has 0 fully saturated rings. The largest absolute Gasteiger partial charge is 0.495 e. The van der Waals surface area contributed by atoms with Gasteiger partial charge in [-0.3, -0.25) is 4.79 Å². The maximum atomic E-state index is 13.4. The number of ether oxygens (including phenoxy) is 2. The van der Waals surface area contributed by atoms with Crippen LogP contribution in [0.25, 0.3) is 11.1 Å². The number of esters is 1. The molecule has 212 valence electrons. The normalized spacial score (nSPS) is 11.3. The van der Waals surface area contributed by atoms with Gasteiger partial charge in [0.1, 0.15) is 16.3 Å². The van der Waals surface area contributed by atoms with Crippen LogP contribution in [0.4, 0.5) is 16.4 Å². The van der Waals surface area contributed by atoms with Crippen LogP contribution in [-0.4, -0.2) is 36.0 Å². The number of anilines is 3. The van der Waals surface area contributed by atoms with Gasteiger partial charge in [0.15, 0.2) is 5.11 Å². The van der Waals surface area contributed by atoms with Crippen LogP contribution < -0.4 is 20.7 Å². The summed E-state index contributed by atoms with van der Waals surface area (Å²) in [6, 6.07) is 24.8. The lowest BCUT2D eigenvalue weighted by Crippen LogP contribution is -2.25. The van der Waals surface area contributed by atoms with Crippen LogP contribution in [0.15, 0.2) is 89.1 Å². The van der Waals surface area contributed by atoms with Gasteiger partial charge in [0, 0.05) is 21.5 Å². The summed E-state index contributed by atoms with van der Waals surface area (Å²) in [5, 5.41) is 11.7. The summed E-state index contributed by atoms with van der Waals surface area (Å²) in [7, 11) is 1.61. The molecule has 0 saturated carbocycles. The number of rotatable bonds is 11. The molecule has 0 saturated heterocycles. The van der Waals surface area contributed by atoms with Gasteiger partial charge in [-0.25, -0.2) is 4.79 Å². The first-order chi connectivity index (χ1) is 19.9. The average molecular weight is 606 g/mol. The van der Waals surface area contributed by atoms with Crippen molar-refractivity contribution >= 4 is 68.7 Å². The summed E-state index contributed by atoms with van der Waals surface area (Å²) in [5.74, 6) is 0.0433. The third-order valence-electron chi connectivity index (χ3n) is 5.98. The molecular weight excluding hydrogens is 575 g/mol. The highest BCUT2D eigenvalue weighted by atomic mass is 32.2. The van der Waals surface area contributed by atoms with E-state index >= 15 is 0 Å². The highest BCUT2D eigenvalue weighted by Crippen LogP contribution is 2.37. The average Bonchev–Trinajstić information content (AvgIpc) is 3.40. The Hall–Kier alpha value is -3.86. The number of carbonyl (C=O) groups is 2. The molecular formula is C31H31N3O4S3. The van der Waals surface area contributed by atoms with Crippen molar-refractivity contribution in [3.05, 3.63) is 89.8 Å². The summed E-state index contributed by atoms with van der Waals surface area (Å²) in [6.07, 6.45) is 0.591. The minimum absolute atomic E-state index is 0.184. The van der Waals surface area contributed by atoms with Crippen molar-refractivity contribution in [3.63, 3.8) is 0 Å². The Labute approximate surface area is 253 Å². The molecule has 3 N–H and O–H groups in total. The third kappa shape index (κ3) is 7.87. The Balaban J connectivity index is 1.46. The number of thiocarbonyl (C=S) groups is 1. The first-order valence-corrected chi connectivity index (χ1v) is 15.2. The fourth-order valence-electron chi connectivity index (χ4n) is 4.04. The van der Waals surface area contributed by atoms with Gasteiger partial charge in [-0.2, -0.15) is 0 Å². The zero-order valence-corrected chi connectivity index (χ0v) is 25.4. The van der Waals surface area contributed by atoms with Gasteiger partial charge in [0.05, 0.1) is 24.7 Å². The molecule has 1 heterocycles. The van der Waals surface area contributed by atoms with E-state index in [2.05, 4.69) is 16.0 Å². The molecule has 41 heavy (non-hydrogen) atoms. The molecule has 7 nitrogen and oxygen atoms in total. The fourth-order valence-corrected chi connectivity index (χ4v) is 6.25. The van der Waals surface area contributed by atoms with Gasteiger partial charge in [0.2, 0.25) is 5.91 Å². The number of hydrogen-bond acceptors (Lipinski definition) is 7. The predicted octanol–water partition coefficient (Wildman–Crippen LogP) is 7.92. The Morgan fingerprint density at radius 2 is 1.71 bits per heavy atom. The van der Waals surface area contributed by atoms with Crippen molar-refractivity contribution < 1.29 is 19.1 Å². The molecule has 0 bridgehead atoms. The topological polar surface area (TPSA) is 88.7 Å². The lowest BCUT2D eigenvalue weighted by molar-refractivity contribution is -0.115. The molecule has 1 atom stereocenters. The Morgan fingerprint density at radius 3 is 2.44 bits per heavy atom. The van der Waals surface area contributed by atoms with E-state index in [1.54, 1.807) is 14.0 Å². The van der Waals surface area contributed by atoms with Crippen molar-refractivity contribution in [1.29, 1.82) is 0 Å². The summed E-state index contributed by atoms with van der Waals surface area (Å²) < 4.78 is 10.7. The fraction of sp³-hybridized carbons (Fsp3) is 0.194. The number of thiophene rings is 1. The van der Waals surface area contributed by atoms with Crippen LogP contribution in [0.5, 0.6) is 5.75 Å². The Bertz CT molecular complexity index is 1510. The quantitative estimate of drug-likeness (QED) is 0.0903. The van der Waals surface area contributed by atoms with Crippen molar-refractivity contribution in [3.8, 4) is 16.9 Å². The standard InChI is InChI=1S/C31H31N3O4S3/c1-4-26(28(35)34-29-27(30(36)38-5-2)23(19-40-29)20-12-7-6-8-13-20)41-22-15-11-14-21(18-22)32-31(39)33-24-16-9-10-17-25(24)37-3/h6-19,26H,4-5H2,1-3H3,(H,34,35)(H2,32,33,39). The lowest BCUT2D eigenvalue weighted by Gasteiger charge is -2.16. The molecule has 4 rings (SSSR count). The van der Waals surface area contributed by atoms with Crippen molar-refractivity contribution in [1.82, 2.24) is 0 Å². The lowest BCUT2D eigenvalue weighted by atomic mass is 10.0. The smallest absolute Gasteiger partial charge is 0.341 e. The first-order valence-electron chi connectivity index (χ1n) is 13.1. The first kappa shape index (κ1) is 30.1. The zero-order valence-electron chi connectivity index (χ0n) is 22.9. The summed E-state index contributed by atoms with van der Waals surface area (Å²) in [5.41, 5.74) is 3.54. The second-order valence-electron chi connectivity index (χ2n) is 8.75. The van der Waals surface area contributed by atoms with E-state index in [0.717, 1.165) is 27.4 Å². The summed E-state index contributed by atoms with van der Waals surface area (Å²) >= 11 is 8.26. The molecule has 3 aromatic carbocycles. The highest BCUT2D eigenvalue weighted by Gasteiger charge is 2.25. The van der Waals surface area contributed by atoms with Crippen molar-refractivity contribution in [2.24, 2.45) is 0 Å². The maximum absolute atomic E-state index is 13.4. The molecule has 0 aliphatic heterocycles. The second kappa shape index (κ2) is 14.7. The monoisotopic (exact) mass is 605 g/mol. The molecule has 0 spiro atoms. The molecule has 1 amide bonds. The molecule has 4 aromatic rings. The van der Waals surface area contributed by atoms with E-state index in [1.807, 2.05) is 91.2 Å². The van der Waals surface area contributed by atoms with Gasteiger partial charge in [0.25, 0.3) is 0 Å². The molecule has 1 aromatic heterocycles. The van der Waals surface area contributed by atoms with Gasteiger partial charge in [-0.05, 0) is 61.5 Å². The highest BCUT2D eigenvalue weighted by molar-refractivity contribution is 8.00. The van der Waals surface area contributed by atoms with Crippen molar-refractivity contribution in [2.45, 2.75) is 30.4 Å². The number of para-hydroxylation sites is 2. The van der Waals surface area contributed by atoms with Crippen LogP contribution >= 0.6 is 35.3 Å². The van der Waals surface area contributed by atoms with E-state index < -0.39 is 5.97 Å². The summed E-state index contributed by atoms with van der Waals surface area (Å²) in [4.78, 5) is 27.2. The maximum Gasteiger partial charge on any atom is 0.341 e. The van der Waals surface area contributed by atoms with E-state index in [9.17, 15) is 9.59 Å². The van der Waals surface area contributed by atoms with Gasteiger partial charge < -0.3 is 25.4 Å². The van der Waals surface area contributed by atoms with E-state index in [4.69, 9.17) is 21.7 Å². The predicted molar refractivity (Wildman–Crippen MR) is 174 cm³/mol. The van der Waals surface area contributed by atoms with E-state index in [-0.39, 0.29) is 17.8 Å². The van der Waals surface area contributed by atoms with Crippen LogP contribution in [0.2, 0.25) is 0 Å². The number of thioether (sulfide) groups is 1. The Morgan fingerprint density at radius 1 is 0.951 bits per heavy atom. The van der Waals surface area contributed by atoms with Gasteiger partial charge in [-0.15, -0.1) is 23.1 Å². The van der Waals surface area contributed by atoms with Crippen LogP contribution in [0, 0.1) is 0 Å². The van der Waals surface area contributed by atoms with Crippen LogP contribution in [-0.2, 0) is 9.53 Å². The van der Waals surface area contributed by atoms with Crippen LogP contribution in [0.1, 0.15) is 30.6 Å². The molecule has 10 heteroatoms. The van der Waals surface area contributed by atoms with E-state index in [0.29, 0.717) is 27.8 Å². The van der Waals surface area contributed by atoms with Crippen LogP contribution in [0.3, 0.4) is 0 Å². The second-order valence-corrected chi connectivity index (χ2v) is 11.3. The Kier molecular flexibility index (Phi) is 10.8. The number of carbonyl (C=O) groups excluding carboxylic acids is 2. The minimum Gasteiger partial charge on any atom is -0.495 e.